The van der Waals surface area contributed by atoms with Crippen LogP contribution in [0.2, 0.25) is 0 Å². The number of hydrogen-bond acceptors (Lipinski definition) is 4. The minimum Gasteiger partial charge on any atom is -0.329 e. The van der Waals surface area contributed by atoms with Crippen LogP contribution in [0.25, 0.3) is 10.6 Å². The number of likely N-dealkylation sites (N-methyl/N-ethyl adjacent to an activating group) is 1. The Balaban J connectivity index is 1.75. The molecule has 33 heavy (non-hydrogen) atoms. The molecule has 3 rings (SSSR count). The lowest BCUT2D eigenvalue weighted by atomic mass is 10.1. The van der Waals surface area contributed by atoms with Crippen molar-refractivity contribution in [2.75, 3.05) is 18.4 Å². The summed E-state index contributed by atoms with van der Waals surface area (Å²) < 4.78 is 39.6. The number of nitrogens with zero attached hydrogens (tertiary/aromatic N) is 2. The molecule has 1 N–H and O–H groups in total. The van der Waals surface area contributed by atoms with Gasteiger partial charge in [-0.2, -0.15) is 13.2 Å². The van der Waals surface area contributed by atoms with Crippen LogP contribution in [0.1, 0.15) is 40.3 Å². The third-order valence-corrected chi connectivity index (χ3v) is 6.30. The van der Waals surface area contributed by atoms with Crippen molar-refractivity contribution in [1.82, 2.24) is 9.88 Å². The van der Waals surface area contributed by atoms with Gasteiger partial charge in [-0.15, -0.1) is 11.3 Å². The maximum Gasteiger partial charge on any atom is 0.418 e. The highest BCUT2D eigenvalue weighted by molar-refractivity contribution is 7.17. The number of halogens is 3. The summed E-state index contributed by atoms with van der Waals surface area (Å²) in [6.45, 7) is 5.33. The lowest BCUT2D eigenvalue weighted by Crippen LogP contribution is -2.38. The van der Waals surface area contributed by atoms with E-state index in [9.17, 15) is 22.8 Å². The molecule has 5 nitrogen and oxygen atoms in total. The highest BCUT2D eigenvalue weighted by Gasteiger charge is 2.33. The Kier molecular flexibility index (Phi) is 7.53. The van der Waals surface area contributed by atoms with Crippen molar-refractivity contribution in [1.29, 1.82) is 0 Å². The maximum atomic E-state index is 13.2. The number of carbonyl (C=O) groups excluding carboxylic acids is 2. The molecule has 0 fully saturated rings. The maximum absolute atomic E-state index is 13.2. The van der Waals surface area contributed by atoms with Crippen LogP contribution in [0.3, 0.4) is 0 Å². The van der Waals surface area contributed by atoms with E-state index in [1.165, 1.54) is 40.0 Å². The predicted octanol–water partition coefficient (Wildman–Crippen LogP) is 5.80. The van der Waals surface area contributed by atoms with Crippen molar-refractivity contribution < 1.29 is 22.8 Å². The second-order valence-electron chi connectivity index (χ2n) is 7.39. The summed E-state index contributed by atoms with van der Waals surface area (Å²) in [5.74, 6) is -1.09. The van der Waals surface area contributed by atoms with Crippen LogP contribution < -0.4 is 5.32 Å². The lowest BCUT2D eigenvalue weighted by molar-refractivity contribution is -0.137. The zero-order chi connectivity index (χ0) is 24.2. The fraction of sp³-hybridized carbons (Fsp3) is 0.292. The summed E-state index contributed by atoms with van der Waals surface area (Å²) in [7, 11) is 0. The molecule has 2 aromatic carbocycles. The number of rotatable bonds is 7. The van der Waals surface area contributed by atoms with Crippen molar-refractivity contribution in [3.63, 3.8) is 0 Å². The molecule has 0 saturated carbocycles. The fourth-order valence-electron chi connectivity index (χ4n) is 3.27. The summed E-state index contributed by atoms with van der Waals surface area (Å²) in [4.78, 5) is 31.8. The van der Waals surface area contributed by atoms with E-state index in [1.807, 2.05) is 24.3 Å². The molecular formula is C24H24F3N3O2S. The first-order chi connectivity index (χ1) is 15.6. The van der Waals surface area contributed by atoms with Gasteiger partial charge in [0.1, 0.15) is 16.4 Å². The number of hydrogen-bond donors (Lipinski definition) is 1. The van der Waals surface area contributed by atoms with Crippen molar-refractivity contribution >= 4 is 28.8 Å². The second kappa shape index (κ2) is 10.2. The van der Waals surface area contributed by atoms with Crippen molar-refractivity contribution in [2.24, 2.45) is 0 Å². The number of aryl methyl sites for hydroxylation is 2. The Morgan fingerprint density at radius 1 is 1.06 bits per heavy atom. The first kappa shape index (κ1) is 24.4. The van der Waals surface area contributed by atoms with Crippen LogP contribution in [0.4, 0.5) is 18.9 Å². The van der Waals surface area contributed by atoms with Crippen molar-refractivity contribution in [2.45, 2.75) is 33.4 Å². The zero-order valence-corrected chi connectivity index (χ0v) is 19.3. The van der Waals surface area contributed by atoms with Gasteiger partial charge in [0.25, 0.3) is 5.91 Å². The van der Waals surface area contributed by atoms with E-state index in [-0.39, 0.29) is 24.7 Å². The topological polar surface area (TPSA) is 62.3 Å². The van der Waals surface area contributed by atoms with E-state index in [0.717, 1.165) is 18.1 Å². The number of alkyl halides is 3. The Hall–Kier alpha value is -3.20. The summed E-state index contributed by atoms with van der Waals surface area (Å²) in [5, 5.41) is 2.97. The molecule has 0 saturated heterocycles. The quantitative estimate of drug-likeness (QED) is 0.470. The zero-order valence-electron chi connectivity index (χ0n) is 18.5. The number of amides is 2. The monoisotopic (exact) mass is 475 g/mol. The van der Waals surface area contributed by atoms with Gasteiger partial charge in [-0.25, -0.2) is 4.98 Å². The van der Waals surface area contributed by atoms with E-state index in [2.05, 4.69) is 17.2 Å². The number of anilines is 1. The Labute approximate surface area is 194 Å². The van der Waals surface area contributed by atoms with E-state index in [1.54, 1.807) is 13.8 Å². The van der Waals surface area contributed by atoms with Crippen molar-refractivity contribution in [3.05, 3.63) is 70.2 Å². The molecule has 2 amide bonds. The Bertz CT molecular complexity index is 1140. The summed E-state index contributed by atoms with van der Waals surface area (Å²) in [6.07, 6.45) is -3.68. The van der Waals surface area contributed by atoms with Crippen LogP contribution in [0.15, 0.2) is 48.5 Å². The minimum atomic E-state index is -4.60. The smallest absolute Gasteiger partial charge is 0.329 e. The first-order valence-electron chi connectivity index (χ1n) is 10.5. The number of para-hydroxylation sites is 1. The molecule has 1 aromatic heterocycles. The van der Waals surface area contributed by atoms with Crippen LogP contribution in [-0.2, 0) is 17.4 Å². The fourth-order valence-corrected chi connectivity index (χ4v) is 4.31. The number of nitrogens with one attached hydrogen (secondary N) is 1. The molecule has 0 bridgehead atoms. The van der Waals surface area contributed by atoms with Gasteiger partial charge < -0.3 is 10.2 Å². The van der Waals surface area contributed by atoms with Crippen LogP contribution in [0, 0.1) is 6.92 Å². The minimum absolute atomic E-state index is 0.213. The van der Waals surface area contributed by atoms with Crippen molar-refractivity contribution in [3.8, 4) is 10.6 Å². The first-order valence-corrected chi connectivity index (χ1v) is 11.3. The van der Waals surface area contributed by atoms with Crippen LogP contribution >= 0.6 is 11.3 Å². The van der Waals surface area contributed by atoms with Gasteiger partial charge in [-0.1, -0.05) is 43.3 Å². The number of carbonyl (C=O) groups is 2. The average Bonchev–Trinajstić information content (AvgIpc) is 3.18. The van der Waals surface area contributed by atoms with E-state index < -0.39 is 17.6 Å². The largest absolute Gasteiger partial charge is 0.418 e. The Morgan fingerprint density at radius 2 is 1.73 bits per heavy atom. The van der Waals surface area contributed by atoms with Gasteiger partial charge in [0.2, 0.25) is 5.91 Å². The molecule has 0 radical (unpaired) electrons. The van der Waals surface area contributed by atoms with E-state index in [4.69, 9.17) is 0 Å². The van der Waals surface area contributed by atoms with E-state index >= 15 is 0 Å². The highest BCUT2D eigenvalue weighted by atomic mass is 32.1. The molecule has 1 heterocycles. The third kappa shape index (κ3) is 5.78. The molecule has 0 aliphatic carbocycles. The van der Waals surface area contributed by atoms with Gasteiger partial charge in [0.15, 0.2) is 0 Å². The third-order valence-electron chi connectivity index (χ3n) is 5.11. The molecule has 9 heteroatoms. The summed E-state index contributed by atoms with van der Waals surface area (Å²) in [5.41, 5.74) is 1.35. The number of thiazole rings is 1. The van der Waals surface area contributed by atoms with Gasteiger partial charge in [-0.3, -0.25) is 9.59 Å². The molecule has 0 aliphatic rings. The van der Waals surface area contributed by atoms with Gasteiger partial charge >= 0.3 is 6.18 Å². The van der Waals surface area contributed by atoms with Crippen LogP contribution in [-0.4, -0.2) is 34.8 Å². The molecule has 0 spiro atoms. The highest BCUT2D eigenvalue weighted by Crippen LogP contribution is 2.34. The van der Waals surface area contributed by atoms with Gasteiger partial charge in [0, 0.05) is 12.1 Å². The molecule has 3 aromatic rings. The summed E-state index contributed by atoms with van der Waals surface area (Å²) >= 11 is 1.23. The molecule has 0 atom stereocenters. The second-order valence-corrected chi connectivity index (χ2v) is 8.39. The van der Waals surface area contributed by atoms with Crippen LogP contribution in [0.5, 0.6) is 0 Å². The molecule has 174 valence electrons. The lowest BCUT2D eigenvalue weighted by Gasteiger charge is -2.20. The number of benzene rings is 2. The standard InChI is InChI=1S/C24H24F3N3O2S/c1-4-16-10-12-17(13-11-16)22-28-15(3)21(33-22)23(32)30(5-2)14-20(31)29-19-9-7-6-8-18(19)24(25,26)27/h6-13H,4-5,14H2,1-3H3,(H,29,31). The SMILES string of the molecule is CCc1ccc(-c2nc(C)c(C(=O)N(CC)CC(=O)Nc3ccccc3C(F)(F)F)s2)cc1. The van der Waals surface area contributed by atoms with E-state index in [0.29, 0.717) is 15.6 Å². The average molecular weight is 476 g/mol. The molecular weight excluding hydrogens is 451 g/mol. The Morgan fingerprint density at radius 3 is 2.33 bits per heavy atom. The molecule has 0 aliphatic heterocycles. The molecule has 0 unspecified atom stereocenters. The number of aromatic nitrogens is 1. The summed E-state index contributed by atoms with van der Waals surface area (Å²) in [6, 6.07) is 12.7. The predicted molar refractivity (Wildman–Crippen MR) is 123 cm³/mol. The van der Waals surface area contributed by atoms with Gasteiger partial charge in [-0.05, 0) is 38.0 Å². The normalized spacial score (nSPS) is 11.3. The van der Waals surface area contributed by atoms with Gasteiger partial charge in [0.05, 0.1) is 16.9 Å².